The fraction of sp³-hybridized carbons (Fsp3) is 0.474. The Bertz CT molecular complexity index is 829. The third-order valence-electron chi connectivity index (χ3n) is 5.51. The molecular weight excluding hydrogens is 350 g/mol. The minimum absolute atomic E-state index is 0.104. The Morgan fingerprint density at radius 1 is 1.04 bits per heavy atom. The van der Waals surface area contributed by atoms with Crippen molar-refractivity contribution < 1.29 is 24.3 Å². The second kappa shape index (κ2) is 6.86. The number of carbonyl (C=O) groups excluding carboxylic acids is 4. The molecule has 4 amide bonds. The molecule has 2 N–H and O–H groups in total. The van der Waals surface area contributed by atoms with E-state index in [4.69, 9.17) is 0 Å². The number of aliphatic hydroxyl groups is 1. The molecule has 142 valence electrons. The number of likely N-dealkylation sites (tertiary alicyclic amines) is 1. The van der Waals surface area contributed by atoms with Crippen LogP contribution in [0.3, 0.4) is 0 Å². The highest BCUT2D eigenvalue weighted by Crippen LogP contribution is 2.30. The van der Waals surface area contributed by atoms with Gasteiger partial charge in [0.25, 0.3) is 11.8 Å². The third-order valence-corrected chi connectivity index (χ3v) is 5.51. The maximum Gasteiger partial charge on any atom is 0.262 e. The molecule has 0 bridgehead atoms. The molecule has 1 aromatic rings. The molecule has 0 radical (unpaired) electrons. The number of fused-ring (bicyclic) bond motifs is 1. The van der Waals surface area contributed by atoms with Crippen LogP contribution in [0.4, 0.5) is 0 Å². The highest BCUT2D eigenvalue weighted by atomic mass is 16.3. The second-order valence-electron chi connectivity index (χ2n) is 7.29. The number of rotatable bonds is 3. The summed E-state index contributed by atoms with van der Waals surface area (Å²) in [6.45, 7) is 1.96. The van der Waals surface area contributed by atoms with Gasteiger partial charge in [-0.1, -0.05) is 12.1 Å². The number of imide groups is 2. The lowest BCUT2D eigenvalue weighted by Crippen LogP contribution is -2.54. The molecule has 0 saturated carbocycles. The number of amides is 4. The van der Waals surface area contributed by atoms with Crippen LogP contribution in [0.2, 0.25) is 0 Å². The number of carbonyl (C=O) groups is 4. The maximum atomic E-state index is 13.0. The minimum Gasteiger partial charge on any atom is -0.393 e. The Labute approximate surface area is 156 Å². The first-order valence-electron chi connectivity index (χ1n) is 9.19. The minimum atomic E-state index is -0.951. The number of aliphatic hydroxyl groups excluding tert-OH is 1. The lowest BCUT2D eigenvalue weighted by atomic mass is 10.0. The Morgan fingerprint density at radius 3 is 2.48 bits per heavy atom. The summed E-state index contributed by atoms with van der Waals surface area (Å²) in [4.78, 5) is 52.5. The van der Waals surface area contributed by atoms with Crippen molar-refractivity contribution >= 4 is 23.6 Å². The van der Waals surface area contributed by atoms with E-state index in [0.717, 1.165) is 23.6 Å². The molecule has 3 aliphatic heterocycles. The molecule has 0 aromatic heterocycles. The molecule has 2 saturated heterocycles. The lowest BCUT2D eigenvalue weighted by molar-refractivity contribution is -0.136. The number of benzene rings is 1. The van der Waals surface area contributed by atoms with Gasteiger partial charge in [0.1, 0.15) is 6.04 Å². The summed E-state index contributed by atoms with van der Waals surface area (Å²) in [6, 6.07) is 4.22. The molecule has 1 atom stereocenters. The van der Waals surface area contributed by atoms with Crippen LogP contribution in [0.1, 0.15) is 52.0 Å². The molecule has 27 heavy (non-hydrogen) atoms. The van der Waals surface area contributed by atoms with Gasteiger partial charge in [0.15, 0.2) is 0 Å². The molecule has 3 heterocycles. The molecule has 2 fully saturated rings. The summed E-state index contributed by atoms with van der Waals surface area (Å²) in [5, 5.41) is 11.9. The first kappa shape index (κ1) is 17.8. The summed E-state index contributed by atoms with van der Waals surface area (Å²) in [5.74, 6) is -1.95. The Morgan fingerprint density at radius 2 is 1.78 bits per heavy atom. The van der Waals surface area contributed by atoms with Gasteiger partial charge in [-0.15, -0.1) is 0 Å². The van der Waals surface area contributed by atoms with Gasteiger partial charge >= 0.3 is 0 Å². The lowest BCUT2D eigenvalue weighted by Gasteiger charge is -2.30. The number of hydrogen-bond acceptors (Lipinski definition) is 6. The van der Waals surface area contributed by atoms with E-state index in [0.29, 0.717) is 30.5 Å². The quantitative estimate of drug-likeness (QED) is 0.727. The van der Waals surface area contributed by atoms with Crippen LogP contribution < -0.4 is 5.32 Å². The van der Waals surface area contributed by atoms with E-state index < -0.39 is 23.8 Å². The van der Waals surface area contributed by atoms with Gasteiger partial charge in [0.05, 0.1) is 17.2 Å². The summed E-state index contributed by atoms with van der Waals surface area (Å²) >= 11 is 0. The summed E-state index contributed by atoms with van der Waals surface area (Å²) < 4.78 is 0. The normalized spacial score (nSPS) is 24.3. The van der Waals surface area contributed by atoms with E-state index in [2.05, 4.69) is 10.2 Å². The van der Waals surface area contributed by atoms with Crippen molar-refractivity contribution in [1.82, 2.24) is 15.1 Å². The van der Waals surface area contributed by atoms with Crippen molar-refractivity contribution in [1.29, 1.82) is 0 Å². The first-order valence-corrected chi connectivity index (χ1v) is 9.19. The summed E-state index contributed by atoms with van der Waals surface area (Å²) in [7, 11) is 0. The van der Waals surface area contributed by atoms with Crippen LogP contribution in [-0.2, 0) is 16.1 Å². The van der Waals surface area contributed by atoms with Gasteiger partial charge < -0.3 is 5.11 Å². The van der Waals surface area contributed by atoms with Crippen LogP contribution in [0.15, 0.2) is 18.2 Å². The fourth-order valence-electron chi connectivity index (χ4n) is 4.04. The zero-order chi connectivity index (χ0) is 19.1. The van der Waals surface area contributed by atoms with E-state index in [-0.39, 0.29) is 24.9 Å². The number of nitrogens with one attached hydrogen (secondary N) is 1. The van der Waals surface area contributed by atoms with Crippen molar-refractivity contribution in [3.63, 3.8) is 0 Å². The molecular formula is C19H21N3O5. The van der Waals surface area contributed by atoms with Crippen LogP contribution in [0.5, 0.6) is 0 Å². The zero-order valence-corrected chi connectivity index (χ0v) is 14.8. The molecule has 1 aromatic carbocycles. The standard InChI is InChI=1S/C19H21N3O5/c23-12-6-8-21(9-7-12)10-11-2-1-3-13-16(11)19(27)22(18(13)26)14-4-5-15(24)20-17(14)25/h1-3,12,14,23H,4-10H2,(H,20,24,25). The molecule has 3 aliphatic rings. The third kappa shape index (κ3) is 3.15. The van der Waals surface area contributed by atoms with Crippen LogP contribution in [0.25, 0.3) is 0 Å². The SMILES string of the molecule is O=C1CCC(N2C(=O)c3cccc(CN4CCC(O)CC4)c3C2=O)C(=O)N1. The highest BCUT2D eigenvalue weighted by Gasteiger charge is 2.45. The van der Waals surface area contributed by atoms with Gasteiger partial charge in [0.2, 0.25) is 11.8 Å². The van der Waals surface area contributed by atoms with Gasteiger partial charge in [-0.25, -0.2) is 0 Å². The molecule has 8 nitrogen and oxygen atoms in total. The van der Waals surface area contributed by atoms with Gasteiger partial charge in [-0.05, 0) is 30.9 Å². The van der Waals surface area contributed by atoms with Crippen LogP contribution in [-0.4, -0.2) is 63.8 Å². The topological polar surface area (TPSA) is 107 Å². The molecule has 0 aliphatic carbocycles. The van der Waals surface area contributed by atoms with Crippen molar-refractivity contribution in [2.75, 3.05) is 13.1 Å². The Balaban J connectivity index is 1.60. The number of piperidine rings is 2. The molecule has 0 spiro atoms. The average Bonchev–Trinajstić information content (AvgIpc) is 2.89. The predicted octanol–water partition coefficient (Wildman–Crippen LogP) is 0.0445. The van der Waals surface area contributed by atoms with Gasteiger partial charge in [-0.3, -0.25) is 34.3 Å². The fourth-order valence-corrected chi connectivity index (χ4v) is 4.04. The Kier molecular flexibility index (Phi) is 4.53. The monoisotopic (exact) mass is 371 g/mol. The Hall–Kier alpha value is -2.58. The summed E-state index contributed by atoms with van der Waals surface area (Å²) in [6.07, 6.45) is 1.34. The first-order chi connectivity index (χ1) is 13.0. The maximum absolute atomic E-state index is 13.0. The molecule has 4 rings (SSSR count). The van der Waals surface area contributed by atoms with Crippen molar-refractivity contribution in [2.24, 2.45) is 0 Å². The number of nitrogens with zero attached hydrogens (tertiary/aromatic N) is 2. The van der Waals surface area contributed by atoms with Gasteiger partial charge in [-0.2, -0.15) is 0 Å². The van der Waals surface area contributed by atoms with E-state index in [1.165, 1.54) is 0 Å². The van der Waals surface area contributed by atoms with Crippen LogP contribution in [0, 0.1) is 0 Å². The van der Waals surface area contributed by atoms with Gasteiger partial charge in [0, 0.05) is 26.1 Å². The van der Waals surface area contributed by atoms with E-state index in [9.17, 15) is 24.3 Å². The van der Waals surface area contributed by atoms with E-state index >= 15 is 0 Å². The van der Waals surface area contributed by atoms with E-state index in [1.54, 1.807) is 12.1 Å². The number of hydrogen-bond donors (Lipinski definition) is 2. The zero-order valence-electron chi connectivity index (χ0n) is 14.8. The smallest absolute Gasteiger partial charge is 0.262 e. The summed E-state index contributed by atoms with van der Waals surface area (Å²) in [5.41, 5.74) is 1.40. The van der Waals surface area contributed by atoms with Crippen molar-refractivity contribution in [3.05, 3.63) is 34.9 Å². The second-order valence-corrected chi connectivity index (χ2v) is 7.29. The molecule has 8 heteroatoms. The van der Waals surface area contributed by atoms with Crippen LogP contribution >= 0.6 is 0 Å². The van der Waals surface area contributed by atoms with Crippen molar-refractivity contribution in [2.45, 2.75) is 44.4 Å². The predicted molar refractivity (Wildman–Crippen MR) is 93.6 cm³/mol. The van der Waals surface area contributed by atoms with E-state index in [1.807, 2.05) is 6.07 Å². The average molecular weight is 371 g/mol. The highest BCUT2D eigenvalue weighted by molar-refractivity contribution is 6.24. The molecule has 1 unspecified atom stereocenters. The largest absolute Gasteiger partial charge is 0.393 e. The van der Waals surface area contributed by atoms with Crippen molar-refractivity contribution in [3.8, 4) is 0 Å².